The summed E-state index contributed by atoms with van der Waals surface area (Å²) in [6.45, 7) is 8.49. The van der Waals surface area contributed by atoms with Gasteiger partial charge in [0.25, 0.3) is 0 Å². The van der Waals surface area contributed by atoms with Crippen LogP contribution >= 0.6 is 0 Å². The van der Waals surface area contributed by atoms with Crippen LogP contribution in [-0.4, -0.2) is 62.5 Å². The molecule has 0 spiro atoms. The molecule has 0 atom stereocenters. The van der Waals surface area contributed by atoms with Crippen molar-refractivity contribution >= 4 is 23.3 Å². The van der Waals surface area contributed by atoms with Crippen LogP contribution in [-0.2, 0) is 18.2 Å². The Hall–Kier alpha value is -4.40. The molecule has 3 heterocycles. The van der Waals surface area contributed by atoms with E-state index in [4.69, 9.17) is 4.74 Å². The van der Waals surface area contributed by atoms with Crippen molar-refractivity contribution in [2.24, 2.45) is 7.05 Å². The van der Waals surface area contributed by atoms with Gasteiger partial charge in [0.2, 0.25) is 0 Å². The molecule has 9 nitrogen and oxygen atoms in total. The fourth-order valence-electron chi connectivity index (χ4n) is 5.19. The molecule has 1 amide bonds. The minimum absolute atomic E-state index is 0.242. The number of carbonyl (C=O) groups excluding carboxylic acids is 1. The first-order chi connectivity index (χ1) is 18.7. The molecule has 1 fully saturated rings. The molecule has 1 saturated heterocycles. The number of carbonyl (C=O) groups is 1. The Morgan fingerprint density at radius 3 is 2.44 bits per heavy atom. The lowest BCUT2D eigenvalue weighted by Crippen LogP contribution is -2.50. The van der Waals surface area contributed by atoms with E-state index in [0.717, 1.165) is 64.7 Å². The topological polar surface area (TPSA) is 88.4 Å². The van der Waals surface area contributed by atoms with Crippen molar-refractivity contribution in [1.82, 2.24) is 24.6 Å². The monoisotopic (exact) mass is 523 g/mol. The number of anilines is 3. The van der Waals surface area contributed by atoms with Crippen molar-refractivity contribution < 1.29 is 9.53 Å². The van der Waals surface area contributed by atoms with E-state index in [9.17, 15) is 4.79 Å². The molecule has 1 N–H and O–H groups in total. The average Bonchev–Trinajstić information content (AvgIpc) is 3.52. The highest BCUT2D eigenvalue weighted by Gasteiger charge is 2.27. The van der Waals surface area contributed by atoms with Gasteiger partial charge >= 0.3 is 6.09 Å². The smallest absolute Gasteiger partial charge is 0.410 e. The fraction of sp³-hybridized carbons (Fsp3) is 0.333. The molecule has 200 valence electrons. The summed E-state index contributed by atoms with van der Waals surface area (Å²) in [5, 5.41) is 7.85. The van der Waals surface area contributed by atoms with Crippen molar-refractivity contribution in [2.75, 3.05) is 36.4 Å². The number of benzene rings is 2. The Labute approximate surface area is 228 Å². The third-order valence-corrected chi connectivity index (χ3v) is 7.13. The fourth-order valence-corrected chi connectivity index (χ4v) is 5.19. The predicted molar refractivity (Wildman–Crippen MR) is 152 cm³/mol. The van der Waals surface area contributed by atoms with Crippen molar-refractivity contribution in [3.05, 3.63) is 72.4 Å². The lowest BCUT2D eigenvalue weighted by Gasteiger charge is -2.36. The Balaban J connectivity index is 1.16. The van der Waals surface area contributed by atoms with Crippen molar-refractivity contribution in [2.45, 2.75) is 32.8 Å². The van der Waals surface area contributed by atoms with Crippen LogP contribution in [0.4, 0.5) is 22.0 Å². The Bertz CT molecular complexity index is 1510. The zero-order chi connectivity index (χ0) is 27.1. The highest BCUT2D eigenvalue weighted by Crippen LogP contribution is 2.42. The SMILES string of the molecule is Cn1cc(-c2ccc3c(c2)-c2c(ncnc2Nc2ccc(N4CCN(C(=O)OC(C)(C)C)CC4)cc2)C3)cn1. The van der Waals surface area contributed by atoms with E-state index in [0.29, 0.717) is 13.1 Å². The number of rotatable bonds is 4. The molecule has 39 heavy (non-hydrogen) atoms. The van der Waals surface area contributed by atoms with Crippen LogP contribution in [0.15, 0.2) is 61.2 Å². The van der Waals surface area contributed by atoms with E-state index in [-0.39, 0.29) is 6.09 Å². The lowest BCUT2D eigenvalue weighted by molar-refractivity contribution is 0.0240. The summed E-state index contributed by atoms with van der Waals surface area (Å²) in [6, 6.07) is 14.9. The minimum atomic E-state index is -0.482. The second kappa shape index (κ2) is 9.72. The number of hydrogen-bond acceptors (Lipinski definition) is 7. The molecular formula is C30H33N7O2. The molecule has 0 saturated carbocycles. The van der Waals surface area contributed by atoms with E-state index < -0.39 is 5.60 Å². The molecule has 2 aromatic heterocycles. The molecular weight excluding hydrogens is 490 g/mol. The molecule has 0 radical (unpaired) electrons. The average molecular weight is 524 g/mol. The van der Waals surface area contributed by atoms with Crippen LogP contribution in [0.5, 0.6) is 0 Å². The normalized spacial score (nSPS) is 14.7. The van der Waals surface area contributed by atoms with E-state index in [1.807, 2.05) is 44.9 Å². The molecule has 0 unspecified atom stereocenters. The zero-order valence-electron chi connectivity index (χ0n) is 22.8. The highest BCUT2D eigenvalue weighted by molar-refractivity contribution is 5.88. The molecule has 9 heteroatoms. The summed E-state index contributed by atoms with van der Waals surface area (Å²) in [5.74, 6) is 0.806. The lowest BCUT2D eigenvalue weighted by atomic mass is 10.0. The van der Waals surface area contributed by atoms with Gasteiger partial charge in [0.05, 0.1) is 11.9 Å². The first-order valence-electron chi connectivity index (χ1n) is 13.3. The van der Waals surface area contributed by atoms with E-state index >= 15 is 0 Å². The van der Waals surface area contributed by atoms with Crippen LogP contribution in [0.2, 0.25) is 0 Å². The number of nitrogens with zero attached hydrogens (tertiary/aromatic N) is 6. The molecule has 4 aromatic rings. The summed E-state index contributed by atoms with van der Waals surface area (Å²) in [4.78, 5) is 25.7. The number of nitrogens with one attached hydrogen (secondary N) is 1. The summed E-state index contributed by atoms with van der Waals surface area (Å²) in [6.07, 6.45) is 6.10. The molecule has 1 aliphatic carbocycles. The third kappa shape index (κ3) is 5.16. The van der Waals surface area contributed by atoms with Gasteiger partial charge < -0.3 is 19.9 Å². The van der Waals surface area contributed by atoms with Crippen LogP contribution in [0.3, 0.4) is 0 Å². The Kier molecular flexibility index (Phi) is 6.21. The largest absolute Gasteiger partial charge is 0.444 e. The molecule has 1 aliphatic heterocycles. The number of fused-ring (bicyclic) bond motifs is 3. The summed E-state index contributed by atoms with van der Waals surface area (Å²) in [5.41, 5.74) is 8.32. The predicted octanol–water partition coefficient (Wildman–Crippen LogP) is 5.25. The molecule has 6 rings (SSSR count). The number of aryl methyl sites for hydroxylation is 1. The van der Waals surface area contributed by atoms with Crippen LogP contribution in [0.1, 0.15) is 32.0 Å². The van der Waals surface area contributed by atoms with Gasteiger partial charge in [0.15, 0.2) is 0 Å². The second-order valence-corrected chi connectivity index (χ2v) is 11.1. The quantitative estimate of drug-likeness (QED) is 0.344. The number of hydrogen-bond donors (Lipinski definition) is 1. The van der Waals surface area contributed by atoms with Crippen LogP contribution in [0, 0.1) is 0 Å². The van der Waals surface area contributed by atoms with Gasteiger partial charge in [-0.25, -0.2) is 14.8 Å². The maximum absolute atomic E-state index is 12.4. The minimum Gasteiger partial charge on any atom is -0.444 e. The first-order valence-corrected chi connectivity index (χ1v) is 13.3. The Morgan fingerprint density at radius 2 is 1.74 bits per heavy atom. The number of ether oxygens (including phenoxy) is 1. The first kappa shape index (κ1) is 24.9. The maximum atomic E-state index is 12.4. The van der Waals surface area contributed by atoms with Gasteiger partial charge in [-0.05, 0) is 67.8 Å². The highest BCUT2D eigenvalue weighted by atomic mass is 16.6. The van der Waals surface area contributed by atoms with Gasteiger partial charge in [-0.3, -0.25) is 4.68 Å². The van der Waals surface area contributed by atoms with Crippen LogP contribution < -0.4 is 10.2 Å². The van der Waals surface area contributed by atoms with Crippen molar-refractivity contribution in [3.8, 4) is 22.3 Å². The summed E-state index contributed by atoms with van der Waals surface area (Å²) >= 11 is 0. The third-order valence-electron chi connectivity index (χ3n) is 7.13. The standard InChI is InChI=1S/C30H33N7O2/c1-30(2,3)39-29(38)37-13-11-36(12-14-37)24-9-7-23(8-10-24)34-28-27-25-15-20(22-17-33-35(4)18-22)5-6-21(25)16-26(27)31-19-32-28/h5-10,15,17-19H,11-14,16H2,1-4H3,(H,31,32,34). The zero-order valence-corrected chi connectivity index (χ0v) is 22.8. The van der Waals surface area contributed by atoms with Crippen LogP contribution in [0.25, 0.3) is 22.3 Å². The summed E-state index contributed by atoms with van der Waals surface area (Å²) < 4.78 is 7.34. The molecule has 2 aromatic carbocycles. The van der Waals surface area contributed by atoms with E-state index in [2.05, 4.69) is 67.7 Å². The second-order valence-electron chi connectivity index (χ2n) is 11.1. The van der Waals surface area contributed by atoms with Crippen molar-refractivity contribution in [3.63, 3.8) is 0 Å². The van der Waals surface area contributed by atoms with Crippen molar-refractivity contribution in [1.29, 1.82) is 0 Å². The van der Waals surface area contributed by atoms with Gasteiger partial charge in [0, 0.05) is 68.3 Å². The molecule has 0 bridgehead atoms. The molecule has 2 aliphatic rings. The van der Waals surface area contributed by atoms with Gasteiger partial charge in [-0.15, -0.1) is 0 Å². The number of aromatic nitrogens is 4. The maximum Gasteiger partial charge on any atom is 0.410 e. The number of piperazine rings is 1. The van der Waals surface area contributed by atoms with E-state index in [1.54, 1.807) is 11.2 Å². The van der Waals surface area contributed by atoms with Gasteiger partial charge in [-0.1, -0.05) is 12.1 Å². The van der Waals surface area contributed by atoms with E-state index in [1.165, 1.54) is 5.56 Å². The number of amides is 1. The summed E-state index contributed by atoms with van der Waals surface area (Å²) in [7, 11) is 1.93. The van der Waals surface area contributed by atoms with Gasteiger partial charge in [-0.2, -0.15) is 5.10 Å². The Morgan fingerprint density at radius 1 is 0.974 bits per heavy atom. The van der Waals surface area contributed by atoms with Gasteiger partial charge in [0.1, 0.15) is 17.7 Å².